The SMILES string of the molecule is O=c1[nH]c(C2CCOC2)nc2c(F)c(Br)c(I)cc12. The van der Waals surface area contributed by atoms with Crippen LogP contribution < -0.4 is 5.56 Å². The number of rotatable bonds is 1. The van der Waals surface area contributed by atoms with Crippen LogP contribution in [0.25, 0.3) is 10.9 Å². The predicted molar refractivity (Wildman–Crippen MR) is 80.9 cm³/mol. The topological polar surface area (TPSA) is 55.0 Å². The van der Waals surface area contributed by atoms with Crippen molar-refractivity contribution in [2.75, 3.05) is 13.2 Å². The second-order valence-electron chi connectivity index (χ2n) is 4.39. The molecule has 4 nitrogen and oxygen atoms in total. The normalized spacial score (nSPS) is 19.2. The summed E-state index contributed by atoms with van der Waals surface area (Å²) in [6.07, 6.45) is 0.793. The molecule has 0 bridgehead atoms. The van der Waals surface area contributed by atoms with Crippen molar-refractivity contribution in [1.29, 1.82) is 0 Å². The lowest BCUT2D eigenvalue weighted by molar-refractivity contribution is 0.193. The number of aromatic nitrogens is 2. The van der Waals surface area contributed by atoms with Gasteiger partial charge in [0.05, 0.1) is 16.5 Å². The molecule has 19 heavy (non-hydrogen) atoms. The van der Waals surface area contributed by atoms with Crippen molar-refractivity contribution in [3.63, 3.8) is 0 Å². The average Bonchev–Trinajstić information content (AvgIpc) is 2.91. The van der Waals surface area contributed by atoms with Gasteiger partial charge in [-0.25, -0.2) is 9.37 Å². The van der Waals surface area contributed by atoms with E-state index in [9.17, 15) is 9.18 Å². The molecule has 1 fully saturated rings. The second kappa shape index (κ2) is 5.10. The van der Waals surface area contributed by atoms with E-state index >= 15 is 0 Å². The Balaban J connectivity index is 2.27. The lowest BCUT2D eigenvalue weighted by Gasteiger charge is -2.09. The molecule has 1 atom stereocenters. The molecule has 1 N–H and O–H groups in total. The Kier molecular flexibility index (Phi) is 3.61. The van der Waals surface area contributed by atoms with E-state index in [2.05, 4.69) is 25.9 Å². The van der Waals surface area contributed by atoms with Gasteiger partial charge in [-0.1, -0.05) is 0 Å². The Morgan fingerprint density at radius 1 is 1.58 bits per heavy atom. The standard InChI is InChI=1S/C12H9BrFIN2O2/c13-8-7(15)3-6-10(9(8)14)16-11(17-12(6)18)5-1-2-19-4-5/h3,5H,1-2,4H2,(H,16,17,18). The molecule has 0 saturated carbocycles. The molecule has 1 aliphatic heterocycles. The molecule has 7 heteroatoms. The summed E-state index contributed by atoms with van der Waals surface area (Å²) in [5.74, 6) is 0.0460. The van der Waals surface area contributed by atoms with Crippen LogP contribution in [-0.2, 0) is 4.74 Å². The number of nitrogens with zero attached hydrogens (tertiary/aromatic N) is 1. The molecule has 0 radical (unpaired) electrons. The summed E-state index contributed by atoms with van der Waals surface area (Å²) in [6, 6.07) is 1.63. The fourth-order valence-corrected chi connectivity index (χ4v) is 2.99. The molecule has 1 aromatic heterocycles. The second-order valence-corrected chi connectivity index (χ2v) is 6.35. The highest BCUT2D eigenvalue weighted by atomic mass is 127. The number of hydrogen-bond donors (Lipinski definition) is 1. The minimum atomic E-state index is -0.492. The van der Waals surface area contributed by atoms with Gasteiger partial charge in [0.2, 0.25) is 0 Å². The first kappa shape index (κ1) is 13.4. The van der Waals surface area contributed by atoms with Gasteiger partial charge in [0.1, 0.15) is 11.3 Å². The maximum atomic E-state index is 14.2. The molecule has 1 unspecified atom stereocenters. The van der Waals surface area contributed by atoms with Crippen molar-refractivity contribution < 1.29 is 9.13 Å². The van der Waals surface area contributed by atoms with Crippen LogP contribution in [0.2, 0.25) is 0 Å². The molecule has 2 aromatic rings. The zero-order valence-corrected chi connectivity index (χ0v) is 13.4. The third-order valence-electron chi connectivity index (χ3n) is 3.17. The third-order valence-corrected chi connectivity index (χ3v) is 5.54. The highest BCUT2D eigenvalue weighted by Crippen LogP contribution is 2.29. The zero-order chi connectivity index (χ0) is 13.6. The maximum Gasteiger partial charge on any atom is 0.258 e. The Labute approximate surface area is 130 Å². The van der Waals surface area contributed by atoms with Crippen molar-refractivity contribution >= 4 is 49.4 Å². The number of ether oxygens (including phenoxy) is 1. The molecule has 1 aromatic carbocycles. The molecule has 1 aliphatic rings. The fourth-order valence-electron chi connectivity index (χ4n) is 2.14. The minimum absolute atomic E-state index is 0.0366. The Bertz CT molecular complexity index is 713. The Hall–Kier alpha value is -0.540. The molecule has 0 aliphatic carbocycles. The molecule has 2 heterocycles. The van der Waals surface area contributed by atoms with Crippen molar-refractivity contribution in [2.24, 2.45) is 0 Å². The number of nitrogens with one attached hydrogen (secondary N) is 1. The Morgan fingerprint density at radius 2 is 2.37 bits per heavy atom. The highest BCUT2D eigenvalue weighted by Gasteiger charge is 2.22. The van der Waals surface area contributed by atoms with Crippen LogP contribution in [0, 0.1) is 9.39 Å². The van der Waals surface area contributed by atoms with Crippen molar-refractivity contribution in [1.82, 2.24) is 9.97 Å². The number of fused-ring (bicyclic) bond motifs is 1. The smallest absolute Gasteiger partial charge is 0.258 e. The van der Waals surface area contributed by atoms with Crippen molar-refractivity contribution in [2.45, 2.75) is 12.3 Å². The van der Waals surface area contributed by atoms with E-state index in [0.717, 1.165) is 6.42 Å². The summed E-state index contributed by atoms with van der Waals surface area (Å²) in [5.41, 5.74) is -0.200. The summed E-state index contributed by atoms with van der Waals surface area (Å²) in [4.78, 5) is 19.1. The fraction of sp³-hybridized carbons (Fsp3) is 0.333. The van der Waals surface area contributed by atoms with Gasteiger partial charge in [-0.2, -0.15) is 0 Å². The first-order valence-electron chi connectivity index (χ1n) is 5.73. The summed E-state index contributed by atoms with van der Waals surface area (Å²) >= 11 is 5.15. The van der Waals surface area contributed by atoms with Crippen LogP contribution in [0.3, 0.4) is 0 Å². The van der Waals surface area contributed by atoms with Gasteiger partial charge < -0.3 is 9.72 Å². The molecule has 1 saturated heterocycles. The molecule has 0 spiro atoms. The van der Waals surface area contributed by atoms with Crippen LogP contribution >= 0.6 is 38.5 Å². The largest absolute Gasteiger partial charge is 0.381 e. The number of aromatic amines is 1. The maximum absolute atomic E-state index is 14.2. The van der Waals surface area contributed by atoms with Crippen molar-refractivity contribution in [3.05, 3.63) is 36.1 Å². The average molecular weight is 439 g/mol. The first-order valence-corrected chi connectivity index (χ1v) is 7.60. The zero-order valence-electron chi connectivity index (χ0n) is 9.67. The molecule has 100 valence electrons. The van der Waals surface area contributed by atoms with E-state index in [1.165, 1.54) is 0 Å². The van der Waals surface area contributed by atoms with Crippen molar-refractivity contribution in [3.8, 4) is 0 Å². The van der Waals surface area contributed by atoms with E-state index < -0.39 is 5.82 Å². The van der Waals surface area contributed by atoms with Crippen LogP contribution in [-0.4, -0.2) is 23.2 Å². The molecule has 0 amide bonds. The number of hydrogen-bond acceptors (Lipinski definition) is 3. The number of halogens is 3. The third kappa shape index (κ3) is 2.31. The van der Waals surface area contributed by atoms with E-state index in [1.54, 1.807) is 6.07 Å². The van der Waals surface area contributed by atoms with Gasteiger partial charge in [0.25, 0.3) is 5.56 Å². The van der Waals surface area contributed by atoms with Gasteiger partial charge in [-0.05, 0) is 51.0 Å². The predicted octanol–water partition coefficient (Wildman–Crippen LogP) is 2.93. The van der Waals surface area contributed by atoms with E-state index in [4.69, 9.17) is 4.74 Å². The quantitative estimate of drug-likeness (QED) is 0.550. The van der Waals surface area contributed by atoms with Crippen LogP contribution in [0.4, 0.5) is 4.39 Å². The van der Waals surface area contributed by atoms with Gasteiger partial charge in [-0.15, -0.1) is 0 Å². The number of benzene rings is 1. The van der Waals surface area contributed by atoms with Crippen LogP contribution in [0.15, 0.2) is 15.3 Å². The van der Waals surface area contributed by atoms with Gasteiger partial charge in [0.15, 0.2) is 5.82 Å². The summed E-state index contributed by atoms with van der Waals surface area (Å²) in [6.45, 7) is 1.16. The first-order chi connectivity index (χ1) is 9.08. The van der Waals surface area contributed by atoms with E-state index in [-0.39, 0.29) is 22.4 Å². The summed E-state index contributed by atoms with van der Waals surface area (Å²) in [5, 5.41) is 0.271. The highest BCUT2D eigenvalue weighted by molar-refractivity contribution is 14.1. The van der Waals surface area contributed by atoms with Gasteiger partial charge >= 0.3 is 0 Å². The summed E-state index contributed by atoms with van der Waals surface area (Å²) < 4.78 is 20.5. The van der Waals surface area contributed by atoms with E-state index in [1.807, 2.05) is 22.6 Å². The van der Waals surface area contributed by atoms with Gasteiger partial charge in [0, 0.05) is 16.1 Å². The molecular weight excluding hydrogens is 430 g/mol. The Morgan fingerprint density at radius 3 is 3.05 bits per heavy atom. The monoisotopic (exact) mass is 438 g/mol. The molecule has 3 rings (SSSR count). The van der Waals surface area contributed by atoms with E-state index in [0.29, 0.717) is 27.1 Å². The minimum Gasteiger partial charge on any atom is -0.381 e. The number of H-pyrrole nitrogens is 1. The molecular formula is C12H9BrFIN2O2. The van der Waals surface area contributed by atoms with Crippen LogP contribution in [0.5, 0.6) is 0 Å². The summed E-state index contributed by atoms with van der Waals surface area (Å²) in [7, 11) is 0. The van der Waals surface area contributed by atoms with Crippen LogP contribution in [0.1, 0.15) is 18.2 Å². The van der Waals surface area contributed by atoms with Gasteiger partial charge in [-0.3, -0.25) is 4.79 Å². The lowest BCUT2D eigenvalue weighted by atomic mass is 10.1. The lowest BCUT2D eigenvalue weighted by Crippen LogP contribution is -2.16.